The van der Waals surface area contributed by atoms with Gasteiger partial charge < -0.3 is 10.1 Å². The van der Waals surface area contributed by atoms with Crippen LogP contribution >= 0.6 is 11.8 Å². The molecule has 0 spiro atoms. The number of ether oxygens (including phenoxy) is 1. The smallest absolute Gasteiger partial charge is 0.257 e. The highest BCUT2D eigenvalue weighted by Crippen LogP contribution is 2.27. The molecule has 2 aliphatic rings. The van der Waals surface area contributed by atoms with Crippen LogP contribution in [0.2, 0.25) is 0 Å². The number of nitrogens with zero attached hydrogens (tertiary/aromatic N) is 1. The van der Waals surface area contributed by atoms with E-state index in [1.807, 2.05) is 12.1 Å². The number of hydrogen-bond acceptors (Lipinski definition) is 4. The third-order valence-electron chi connectivity index (χ3n) is 5.75. The Kier molecular flexibility index (Phi) is 7.10. The van der Waals surface area contributed by atoms with E-state index < -0.39 is 0 Å². The van der Waals surface area contributed by atoms with Crippen LogP contribution in [-0.4, -0.2) is 54.6 Å². The van der Waals surface area contributed by atoms with Crippen molar-refractivity contribution in [2.75, 3.05) is 37.7 Å². The number of likely N-dealkylation sites (tertiary alicyclic amines) is 1. The highest BCUT2D eigenvalue weighted by Gasteiger charge is 2.27. The molecule has 5 heteroatoms. The Morgan fingerprint density at radius 3 is 2.48 bits per heavy atom. The van der Waals surface area contributed by atoms with Crippen LogP contribution in [0.25, 0.3) is 0 Å². The van der Waals surface area contributed by atoms with Crippen LogP contribution in [0.5, 0.6) is 5.75 Å². The molecule has 0 saturated carbocycles. The quantitative estimate of drug-likeness (QED) is 0.804. The summed E-state index contributed by atoms with van der Waals surface area (Å²) in [7, 11) is 0. The van der Waals surface area contributed by atoms with E-state index in [1.165, 1.54) is 49.4 Å². The van der Waals surface area contributed by atoms with Crippen LogP contribution in [0.15, 0.2) is 24.3 Å². The minimum absolute atomic E-state index is 0.0236. The molecular formula is C22H34N2O2S. The standard InChI is InChI=1S/C22H34N2O2S/c1-22(2,3)18-4-6-20(7-5-18)26-15-21(25)23-14-17-8-11-24(12-9-17)19-10-13-27-16-19/h4-7,17,19H,8-16H2,1-3H3,(H,23,25)/t19-/m0/s1. The first-order chi connectivity index (χ1) is 12.9. The molecule has 2 saturated heterocycles. The minimum atomic E-state index is -0.0236. The molecular weight excluding hydrogens is 356 g/mol. The Bertz CT molecular complexity index is 598. The highest BCUT2D eigenvalue weighted by molar-refractivity contribution is 7.99. The SMILES string of the molecule is CC(C)(C)c1ccc(OCC(=O)NCC2CCN([C@H]3CCSC3)CC2)cc1. The van der Waals surface area contributed by atoms with E-state index in [0.29, 0.717) is 5.92 Å². The monoisotopic (exact) mass is 390 g/mol. The van der Waals surface area contributed by atoms with Crippen LogP contribution in [0.3, 0.4) is 0 Å². The summed E-state index contributed by atoms with van der Waals surface area (Å²) in [4.78, 5) is 14.8. The van der Waals surface area contributed by atoms with E-state index in [2.05, 4.69) is 54.9 Å². The maximum absolute atomic E-state index is 12.1. The maximum atomic E-state index is 12.1. The molecule has 1 atom stereocenters. The van der Waals surface area contributed by atoms with Crippen molar-refractivity contribution in [3.05, 3.63) is 29.8 Å². The van der Waals surface area contributed by atoms with Crippen molar-refractivity contribution in [3.8, 4) is 5.75 Å². The van der Waals surface area contributed by atoms with Gasteiger partial charge >= 0.3 is 0 Å². The number of thioether (sulfide) groups is 1. The predicted octanol–water partition coefficient (Wildman–Crippen LogP) is 3.70. The van der Waals surface area contributed by atoms with Crippen molar-refractivity contribution in [1.82, 2.24) is 10.2 Å². The molecule has 2 heterocycles. The fraction of sp³-hybridized carbons (Fsp3) is 0.682. The summed E-state index contributed by atoms with van der Waals surface area (Å²) in [6, 6.07) is 8.84. The van der Waals surface area contributed by atoms with E-state index in [1.54, 1.807) is 0 Å². The number of benzene rings is 1. The topological polar surface area (TPSA) is 41.6 Å². The number of rotatable bonds is 6. The Morgan fingerprint density at radius 2 is 1.89 bits per heavy atom. The van der Waals surface area contributed by atoms with Crippen LogP contribution in [0, 0.1) is 5.92 Å². The number of piperidine rings is 1. The van der Waals surface area contributed by atoms with Gasteiger partial charge in [-0.3, -0.25) is 9.69 Å². The fourth-order valence-electron chi connectivity index (χ4n) is 3.84. The Labute approximate surface area is 168 Å². The van der Waals surface area contributed by atoms with Crippen LogP contribution < -0.4 is 10.1 Å². The Morgan fingerprint density at radius 1 is 1.19 bits per heavy atom. The molecule has 1 N–H and O–H groups in total. The van der Waals surface area contributed by atoms with E-state index in [0.717, 1.165) is 18.3 Å². The lowest BCUT2D eigenvalue weighted by Gasteiger charge is -2.35. The molecule has 0 aliphatic carbocycles. The van der Waals surface area contributed by atoms with Gasteiger partial charge in [0.1, 0.15) is 5.75 Å². The van der Waals surface area contributed by atoms with Gasteiger partial charge in [0.15, 0.2) is 6.61 Å². The molecule has 2 fully saturated rings. The second kappa shape index (κ2) is 9.33. The molecule has 2 aliphatic heterocycles. The zero-order chi connectivity index (χ0) is 19.3. The molecule has 150 valence electrons. The first-order valence-electron chi connectivity index (χ1n) is 10.2. The first-order valence-corrected chi connectivity index (χ1v) is 11.4. The lowest BCUT2D eigenvalue weighted by molar-refractivity contribution is -0.123. The number of amides is 1. The molecule has 27 heavy (non-hydrogen) atoms. The van der Waals surface area contributed by atoms with Gasteiger partial charge in [0.05, 0.1) is 0 Å². The normalized spacial score (nSPS) is 22.0. The second-order valence-electron chi connectivity index (χ2n) is 8.86. The fourth-order valence-corrected chi connectivity index (χ4v) is 5.10. The molecule has 1 aromatic rings. The molecule has 0 aromatic heterocycles. The maximum Gasteiger partial charge on any atom is 0.257 e. The van der Waals surface area contributed by atoms with Crippen LogP contribution in [0.1, 0.15) is 45.6 Å². The van der Waals surface area contributed by atoms with Crippen molar-refractivity contribution >= 4 is 17.7 Å². The number of nitrogens with one attached hydrogen (secondary N) is 1. The van der Waals surface area contributed by atoms with Crippen molar-refractivity contribution in [2.24, 2.45) is 5.92 Å². The van der Waals surface area contributed by atoms with E-state index in [-0.39, 0.29) is 17.9 Å². The molecule has 1 aromatic carbocycles. The molecule has 4 nitrogen and oxygen atoms in total. The summed E-state index contributed by atoms with van der Waals surface area (Å²) in [6.07, 6.45) is 3.73. The highest BCUT2D eigenvalue weighted by atomic mass is 32.2. The first kappa shape index (κ1) is 20.5. The third-order valence-corrected chi connectivity index (χ3v) is 6.89. The summed E-state index contributed by atoms with van der Waals surface area (Å²) in [5.41, 5.74) is 1.39. The van der Waals surface area contributed by atoms with Crippen molar-refractivity contribution in [2.45, 2.75) is 51.5 Å². The van der Waals surface area contributed by atoms with E-state index in [9.17, 15) is 4.79 Å². The zero-order valence-electron chi connectivity index (χ0n) is 17.0. The number of carbonyl (C=O) groups is 1. The largest absolute Gasteiger partial charge is 0.484 e. The van der Waals surface area contributed by atoms with Crippen molar-refractivity contribution < 1.29 is 9.53 Å². The van der Waals surface area contributed by atoms with Crippen LogP contribution in [0.4, 0.5) is 0 Å². The summed E-state index contributed by atoms with van der Waals surface area (Å²) >= 11 is 2.08. The van der Waals surface area contributed by atoms with Gasteiger partial charge in [-0.05, 0) is 67.1 Å². The second-order valence-corrected chi connectivity index (χ2v) is 10.0. The van der Waals surface area contributed by atoms with Gasteiger partial charge in [0.2, 0.25) is 0 Å². The van der Waals surface area contributed by atoms with Gasteiger partial charge in [-0.15, -0.1) is 0 Å². The predicted molar refractivity (Wildman–Crippen MR) is 114 cm³/mol. The zero-order valence-corrected chi connectivity index (χ0v) is 17.8. The Balaban J connectivity index is 1.33. The number of carbonyl (C=O) groups excluding carboxylic acids is 1. The van der Waals surface area contributed by atoms with Gasteiger partial charge in [0, 0.05) is 18.3 Å². The summed E-state index contributed by atoms with van der Waals surface area (Å²) in [5.74, 6) is 3.95. The Hall–Kier alpha value is -1.20. The molecule has 0 radical (unpaired) electrons. The molecule has 1 amide bonds. The molecule has 0 bridgehead atoms. The van der Waals surface area contributed by atoms with Gasteiger partial charge in [-0.2, -0.15) is 11.8 Å². The average Bonchev–Trinajstić information content (AvgIpc) is 3.19. The van der Waals surface area contributed by atoms with Crippen LogP contribution in [-0.2, 0) is 10.2 Å². The summed E-state index contributed by atoms with van der Waals surface area (Å²) in [5, 5.41) is 3.06. The molecule has 3 rings (SSSR count). The van der Waals surface area contributed by atoms with E-state index >= 15 is 0 Å². The molecule has 0 unspecified atom stereocenters. The summed E-state index contributed by atoms with van der Waals surface area (Å²) < 4.78 is 5.64. The third kappa shape index (κ3) is 6.15. The van der Waals surface area contributed by atoms with Gasteiger partial charge in [-0.25, -0.2) is 0 Å². The van der Waals surface area contributed by atoms with E-state index in [4.69, 9.17) is 4.74 Å². The van der Waals surface area contributed by atoms with Crippen molar-refractivity contribution in [3.63, 3.8) is 0 Å². The lowest BCUT2D eigenvalue weighted by Crippen LogP contribution is -2.44. The lowest BCUT2D eigenvalue weighted by atomic mass is 9.87. The summed E-state index contributed by atoms with van der Waals surface area (Å²) in [6.45, 7) is 9.80. The number of hydrogen-bond donors (Lipinski definition) is 1. The minimum Gasteiger partial charge on any atom is -0.484 e. The van der Waals surface area contributed by atoms with Gasteiger partial charge in [-0.1, -0.05) is 32.9 Å². The van der Waals surface area contributed by atoms with Crippen molar-refractivity contribution in [1.29, 1.82) is 0 Å². The average molecular weight is 391 g/mol. The van der Waals surface area contributed by atoms with Gasteiger partial charge in [0.25, 0.3) is 5.91 Å².